The first kappa shape index (κ1) is 5.69. The molecule has 2 aliphatic rings. The van der Waals surface area contributed by atoms with Crippen LogP contribution in [0.5, 0.6) is 0 Å². The quantitative estimate of drug-likeness (QED) is 0.518. The molecular formula is C7H13NO. The van der Waals surface area contributed by atoms with Crippen LogP contribution in [0.2, 0.25) is 0 Å². The molecular weight excluding hydrogens is 114 g/mol. The van der Waals surface area contributed by atoms with Crippen molar-refractivity contribution in [2.45, 2.75) is 37.3 Å². The lowest BCUT2D eigenvalue weighted by molar-refractivity contribution is -0.0140. The van der Waals surface area contributed by atoms with Gasteiger partial charge in [-0.3, -0.25) is 0 Å². The number of hydrogen-bond donors (Lipinski definition) is 1. The third-order valence-electron chi connectivity index (χ3n) is 2.38. The average molecular weight is 127 g/mol. The molecule has 1 spiro atoms. The van der Waals surface area contributed by atoms with Crippen molar-refractivity contribution < 1.29 is 4.74 Å². The molecule has 0 unspecified atom stereocenters. The predicted octanol–water partition coefficient (Wildman–Crippen LogP) is 0.657. The van der Waals surface area contributed by atoms with Crippen LogP contribution in [0.25, 0.3) is 0 Å². The van der Waals surface area contributed by atoms with E-state index in [2.05, 4.69) is 0 Å². The van der Waals surface area contributed by atoms with Gasteiger partial charge in [0.15, 0.2) is 0 Å². The first-order valence-corrected chi connectivity index (χ1v) is 3.70. The summed E-state index contributed by atoms with van der Waals surface area (Å²) in [4.78, 5) is 0. The monoisotopic (exact) mass is 127 g/mol. The van der Waals surface area contributed by atoms with Crippen molar-refractivity contribution in [3.05, 3.63) is 0 Å². The van der Waals surface area contributed by atoms with Crippen LogP contribution in [0.3, 0.4) is 0 Å². The van der Waals surface area contributed by atoms with Gasteiger partial charge in [0.25, 0.3) is 0 Å². The van der Waals surface area contributed by atoms with E-state index in [0.29, 0.717) is 11.6 Å². The van der Waals surface area contributed by atoms with Gasteiger partial charge in [0.1, 0.15) is 0 Å². The van der Waals surface area contributed by atoms with Gasteiger partial charge in [0.05, 0.1) is 12.2 Å². The van der Waals surface area contributed by atoms with E-state index >= 15 is 0 Å². The van der Waals surface area contributed by atoms with Gasteiger partial charge in [-0.2, -0.15) is 0 Å². The normalized spacial score (nSPS) is 39.0. The highest BCUT2D eigenvalue weighted by atomic mass is 16.5. The van der Waals surface area contributed by atoms with Crippen LogP contribution in [-0.2, 0) is 4.74 Å². The molecule has 1 aliphatic carbocycles. The zero-order chi connectivity index (χ0) is 6.32. The molecule has 2 fully saturated rings. The summed E-state index contributed by atoms with van der Waals surface area (Å²) in [6.45, 7) is 0.792. The van der Waals surface area contributed by atoms with E-state index in [4.69, 9.17) is 10.5 Å². The van der Waals surface area contributed by atoms with Crippen LogP contribution >= 0.6 is 0 Å². The lowest BCUT2D eigenvalue weighted by Gasteiger charge is -2.26. The van der Waals surface area contributed by atoms with Gasteiger partial charge in [0.2, 0.25) is 0 Å². The number of nitrogens with two attached hydrogens (primary N) is 1. The molecule has 0 amide bonds. The standard InChI is InChI=1S/C7H13NO/c8-6-1-2-7(3-4-7)9-5-6/h6H,1-5,8H2/t6-/m0/s1. The molecule has 2 heteroatoms. The van der Waals surface area contributed by atoms with Crippen molar-refractivity contribution in [3.63, 3.8) is 0 Å². The molecule has 2 nitrogen and oxygen atoms in total. The molecule has 1 saturated heterocycles. The first-order valence-electron chi connectivity index (χ1n) is 3.70. The Morgan fingerprint density at radius 1 is 1.33 bits per heavy atom. The minimum Gasteiger partial charge on any atom is -0.373 e. The van der Waals surface area contributed by atoms with E-state index in [1.54, 1.807) is 0 Å². The summed E-state index contributed by atoms with van der Waals surface area (Å²) < 4.78 is 5.56. The van der Waals surface area contributed by atoms with Crippen molar-refractivity contribution >= 4 is 0 Å². The van der Waals surface area contributed by atoms with E-state index in [1.165, 1.54) is 25.7 Å². The smallest absolute Gasteiger partial charge is 0.0686 e. The van der Waals surface area contributed by atoms with E-state index in [0.717, 1.165) is 6.61 Å². The topological polar surface area (TPSA) is 35.2 Å². The molecule has 2 rings (SSSR count). The molecule has 0 aromatic carbocycles. The lowest BCUT2D eigenvalue weighted by Crippen LogP contribution is -2.36. The highest BCUT2D eigenvalue weighted by Gasteiger charge is 2.45. The third-order valence-corrected chi connectivity index (χ3v) is 2.38. The summed E-state index contributed by atoms with van der Waals surface area (Å²) in [5.41, 5.74) is 5.99. The molecule has 1 saturated carbocycles. The Hall–Kier alpha value is -0.0800. The van der Waals surface area contributed by atoms with Gasteiger partial charge in [-0.15, -0.1) is 0 Å². The molecule has 2 N–H and O–H groups in total. The second-order valence-corrected chi connectivity index (χ2v) is 3.29. The minimum absolute atomic E-state index is 0.316. The second-order valence-electron chi connectivity index (χ2n) is 3.29. The fourth-order valence-corrected chi connectivity index (χ4v) is 1.42. The zero-order valence-electron chi connectivity index (χ0n) is 5.60. The molecule has 0 aromatic rings. The predicted molar refractivity (Wildman–Crippen MR) is 35.1 cm³/mol. The molecule has 1 aliphatic heterocycles. The van der Waals surface area contributed by atoms with Crippen molar-refractivity contribution in [1.82, 2.24) is 0 Å². The molecule has 1 atom stereocenters. The summed E-state index contributed by atoms with van der Waals surface area (Å²) in [6.07, 6.45) is 4.92. The van der Waals surface area contributed by atoms with Crippen molar-refractivity contribution in [2.24, 2.45) is 5.73 Å². The van der Waals surface area contributed by atoms with E-state index in [-0.39, 0.29) is 0 Å². The highest BCUT2D eigenvalue weighted by Crippen LogP contribution is 2.45. The van der Waals surface area contributed by atoms with E-state index < -0.39 is 0 Å². The molecule has 9 heavy (non-hydrogen) atoms. The molecule has 1 heterocycles. The summed E-state index contributed by atoms with van der Waals surface area (Å²) in [6, 6.07) is 0.316. The summed E-state index contributed by atoms with van der Waals surface area (Å²) in [7, 11) is 0. The Morgan fingerprint density at radius 3 is 2.56 bits per heavy atom. The van der Waals surface area contributed by atoms with Crippen LogP contribution < -0.4 is 5.73 Å². The van der Waals surface area contributed by atoms with Gasteiger partial charge in [-0.1, -0.05) is 0 Å². The van der Waals surface area contributed by atoms with E-state index in [1.807, 2.05) is 0 Å². The number of ether oxygens (including phenoxy) is 1. The van der Waals surface area contributed by atoms with Crippen LogP contribution in [0.4, 0.5) is 0 Å². The Labute approximate surface area is 55.4 Å². The minimum atomic E-state index is 0.316. The molecule has 0 aromatic heterocycles. The fourth-order valence-electron chi connectivity index (χ4n) is 1.42. The van der Waals surface area contributed by atoms with Crippen LogP contribution in [0.15, 0.2) is 0 Å². The first-order chi connectivity index (χ1) is 4.31. The van der Waals surface area contributed by atoms with Crippen molar-refractivity contribution in [3.8, 4) is 0 Å². The van der Waals surface area contributed by atoms with Crippen molar-refractivity contribution in [1.29, 1.82) is 0 Å². The largest absolute Gasteiger partial charge is 0.373 e. The Bertz CT molecular complexity index is 110. The van der Waals surface area contributed by atoms with Crippen LogP contribution in [0, 0.1) is 0 Å². The van der Waals surface area contributed by atoms with Gasteiger partial charge < -0.3 is 10.5 Å². The van der Waals surface area contributed by atoms with Crippen molar-refractivity contribution in [2.75, 3.05) is 6.61 Å². The van der Waals surface area contributed by atoms with Gasteiger partial charge in [-0.05, 0) is 25.7 Å². The van der Waals surface area contributed by atoms with Gasteiger partial charge >= 0.3 is 0 Å². The second kappa shape index (κ2) is 1.70. The molecule has 0 bridgehead atoms. The summed E-state index contributed by atoms with van der Waals surface area (Å²) in [5, 5.41) is 0. The summed E-state index contributed by atoms with van der Waals surface area (Å²) in [5.74, 6) is 0. The van der Waals surface area contributed by atoms with Gasteiger partial charge in [0, 0.05) is 6.04 Å². The SMILES string of the molecule is N[C@H]1CCC2(CC2)OC1. The highest BCUT2D eigenvalue weighted by molar-refractivity contribution is 4.98. The molecule has 52 valence electrons. The molecule has 0 radical (unpaired) electrons. The third kappa shape index (κ3) is 0.970. The number of rotatable bonds is 0. The maximum Gasteiger partial charge on any atom is 0.0686 e. The number of hydrogen-bond acceptors (Lipinski definition) is 2. The lowest BCUT2D eigenvalue weighted by atomic mass is 10.0. The van der Waals surface area contributed by atoms with Crippen LogP contribution in [0.1, 0.15) is 25.7 Å². The maximum absolute atomic E-state index is 5.66. The Balaban J connectivity index is 1.91. The maximum atomic E-state index is 5.66. The fraction of sp³-hybridized carbons (Fsp3) is 1.00. The van der Waals surface area contributed by atoms with Gasteiger partial charge in [-0.25, -0.2) is 0 Å². The van der Waals surface area contributed by atoms with E-state index in [9.17, 15) is 0 Å². The summed E-state index contributed by atoms with van der Waals surface area (Å²) >= 11 is 0. The van der Waals surface area contributed by atoms with Crippen LogP contribution in [-0.4, -0.2) is 18.2 Å². The zero-order valence-corrected chi connectivity index (χ0v) is 5.60. The average Bonchev–Trinajstić information content (AvgIpc) is 2.60. The Kier molecular flexibility index (Phi) is 1.08. The Morgan fingerprint density at radius 2 is 2.11 bits per heavy atom.